The number of carbonyl (C=O) groups is 1. The van der Waals surface area contributed by atoms with Crippen LogP contribution < -0.4 is 10.9 Å². The molecule has 5 heteroatoms. The minimum atomic E-state index is -0.605. The summed E-state index contributed by atoms with van der Waals surface area (Å²) in [6.45, 7) is 5.89. The zero-order valence-electron chi connectivity index (χ0n) is 12.2. The van der Waals surface area contributed by atoms with Gasteiger partial charge in [-0.1, -0.05) is 13.8 Å². The Balaban J connectivity index is 1.88. The highest BCUT2D eigenvalue weighted by Crippen LogP contribution is 2.75. The molecule has 2 N–H and O–H groups in total. The lowest BCUT2D eigenvalue weighted by molar-refractivity contribution is -0.126. The molecule has 0 aliphatic heterocycles. The quantitative estimate of drug-likeness (QED) is 0.854. The molecule has 1 heterocycles. The van der Waals surface area contributed by atoms with Crippen molar-refractivity contribution in [3.8, 4) is 0 Å². The van der Waals surface area contributed by atoms with E-state index in [0.717, 1.165) is 18.5 Å². The zero-order valence-corrected chi connectivity index (χ0v) is 12.2. The predicted octanol–water partition coefficient (Wildman–Crippen LogP) is 1.48. The second kappa shape index (κ2) is 4.17. The third-order valence-corrected chi connectivity index (χ3v) is 4.91. The van der Waals surface area contributed by atoms with Crippen LogP contribution in [0.15, 0.2) is 10.9 Å². The van der Waals surface area contributed by atoms with E-state index in [0.29, 0.717) is 24.6 Å². The summed E-state index contributed by atoms with van der Waals surface area (Å²) < 4.78 is 0. The molecule has 1 aromatic heterocycles. The van der Waals surface area contributed by atoms with Crippen molar-refractivity contribution in [1.82, 2.24) is 15.3 Å². The van der Waals surface area contributed by atoms with Gasteiger partial charge in [0.15, 0.2) is 0 Å². The minimum absolute atomic E-state index is 0.0703. The van der Waals surface area contributed by atoms with E-state index in [1.54, 1.807) is 0 Å². The maximum absolute atomic E-state index is 12.3. The van der Waals surface area contributed by atoms with E-state index in [2.05, 4.69) is 15.3 Å². The molecule has 0 radical (unpaired) electrons. The topological polar surface area (TPSA) is 74.8 Å². The van der Waals surface area contributed by atoms with Crippen LogP contribution in [0, 0.1) is 11.3 Å². The van der Waals surface area contributed by atoms with Crippen molar-refractivity contribution >= 4 is 5.91 Å². The van der Waals surface area contributed by atoms with Crippen LogP contribution in [0.4, 0.5) is 0 Å². The number of aromatic nitrogens is 2. The lowest BCUT2D eigenvalue weighted by Gasteiger charge is -2.29. The van der Waals surface area contributed by atoms with E-state index in [1.165, 1.54) is 6.07 Å². The SMILES string of the molecule is CCc1cc(=O)[nH]c(C(C)(CC)NC(=O)C23CC2C3)n1. The highest BCUT2D eigenvalue weighted by atomic mass is 16.2. The van der Waals surface area contributed by atoms with Gasteiger partial charge in [-0.05, 0) is 38.5 Å². The minimum Gasteiger partial charge on any atom is -0.343 e. The van der Waals surface area contributed by atoms with E-state index in [9.17, 15) is 9.59 Å². The van der Waals surface area contributed by atoms with Crippen molar-refractivity contribution in [1.29, 1.82) is 0 Å². The van der Waals surface area contributed by atoms with E-state index in [-0.39, 0.29) is 16.9 Å². The molecule has 3 rings (SSSR count). The number of aromatic amines is 1. The molecule has 2 saturated carbocycles. The molecular formula is C15H21N3O2. The van der Waals surface area contributed by atoms with Gasteiger partial charge in [-0.3, -0.25) is 9.59 Å². The summed E-state index contributed by atoms with van der Waals surface area (Å²) >= 11 is 0. The maximum atomic E-state index is 12.3. The molecule has 1 atom stereocenters. The maximum Gasteiger partial charge on any atom is 0.251 e. The smallest absolute Gasteiger partial charge is 0.251 e. The van der Waals surface area contributed by atoms with Crippen LogP contribution in [0.5, 0.6) is 0 Å². The van der Waals surface area contributed by atoms with E-state index >= 15 is 0 Å². The molecule has 2 aliphatic carbocycles. The molecule has 1 unspecified atom stereocenters. The first-order chi connectivity index (χ1) is 9.43. The lowest BCUT2D eigenvalue weighted by Crippen LogP contribution is -2.47. The van der Waals surface area contributed by atoms with Crippen molar-refractivity contribution in [3.05, 3.63) is 27.9 Å². The summed E-state index contributed by atoms with van der Waals surface area (Å²) in [5.74, 6) is 1.29. The van der Waals surface area contributed by atoms with E-state index in [4.69, 9.17) is 0 Å². The van der Waals surface area contributed by atoms with E-state index in [1.807, 2.05) is 20.8 Å². The first-order valence-corrected chi connectivity index (χ1v) is 7.37. The second-order valence-electron chi connectivity index (χ2n) is 6.34. The summed E-state index contributed by atoms with van der Waals surface area (Å²) in [7, 11) is 0. The fraction of sp³-hybridized carbons (Fsp3) is 0.667. The Hall–Kier alpha value is -1.65. The number of nitrogens with zero attached hydrogens (tertiary/aromatic N) is 1. The fourth-order valence-electron chi connectivity index (χ4n) is 2.71. The van der Waals surface area contributed by atoms with Gasteiger partial charge in [0.1, 0.15) is 5.82 Å². The lowest BCUT2D eigenvalue weighted by atomic mass is 9.96. The molecule has 5 nitrogen and oxygen atoms in total. The van der Waals surface area contributed by atoms with Gasteiger partial charge in [-0.25, -0.2) is 4.98 Å². The molecule has 0 saturated heterocycles. The standard InChI is InChI=1S/C15H21N3O2/c1-4-10-6-11(19)17-12(16-10)14(3,5-2)18-13(20)15-7-9(15)8-15/h6,9H,4-5,7-8H2,1-3H3,(H,18,20)(H,16,17,19). The third kappa shape index (κ3) is 1.96. The number of nitrogens with one attached hydrogen (secondary N) is 2. The van der Waals surface area contributed by atoms with Crippen molar-refractivity contribution in [2.75, 3.05) is 0 Å². The summed E-state index contributed by atoms with van der Waals surface area (Å²) in [6.07, 6.45) is 3.45. The summed E-state index contributed by atoms with van der Waals surface area (Å²) in [4.78, 5) is 31.3. The first kappa shape index (κ1) is 13.3. The molecule has 2 fully saturated rings. The summed E-state index contributed by atoms with van der Waals surface area (Å²) in [5, 5.41) is 3.11. The molecule has 1 amide bonds. The summed E-state index contributed by atoms with van der Waals surface area (Å²) in [5.41, 5.74) is -0.0773. The number of amides is 1. The number of H-pyrrole nitrogens is 1. The van der Waals surface area contributed by atoms with Crippen LogP contribution in [-0.2, 0) is 16.8 Å². The van der Waals surface area contributed by atoms with E-state index < -0.39 is 5.54 Å². The van der Waals surface area contributed by atoms with Crippen LogP contribution >= 0.6 is 0 Å². The third-order valence-electron chi connectivity index (χ3n) is 4.91. The van der Waals surface area contributed by atoms with Crippen LogP contribution in [0.2, 0.25) is 0 Å². The van der Waals surface area contributed by atoms with Gasteiger partial charge in [0.05, 0.1) is 11.0 Å². The van der Waals surface area contributed by atoms with Gasteiger partial charge in [-0.15, -0.1) is 0 Å². The zero-order chi connectivity index (χ0) is 14.5. The van der Waals surface area contributed by atoms with Gasteiger partial charge in [0.25, 0.3) is 5.56 Å². The van der Waals surface area contributed by atoms with Crippen molar-refractivity contribution < 1.29 is 4.79 Å². The number of aryl methyl sites for hydroxylation is 1. The number of fused-ring (bicyclic) bond motifs is 1. The Morgan fingerprint density at radius 3 is 2.70 bits per heavy atom. The number of carbonyl (C=O) groups excluding carboxylic acids is 1. The molecule has 0 bridgehead atoms. The van der Waals surface area contributed by atoms with Gasteiger partial charge in [0, 0.05) is 11.8 Å². The molecule has 0 aromatic carbocycles. The normalized spacial score (nSPS) is 29.2. The second-order valence-corrected chi connectivity index (χ2v) is 6.34. The first-order valence-electron chi connectivity index (χ1n) is 7.37. The molecule has 108 valence electrons. The Labute approximate surface area is 118 Å². The van der Waals surface area contributed by atoms with Crippen molar-refractivity contribution in [2.24, 2.45) is 11.3 Å². The van der Waals surface area contributed by atoms with Crippen LogP contribution in [0.1, 0.15) is 51.6 Å². The number of hydrogen-bond acceptors (Lipinski definition) is 3. The largest absolute Gasteiger partial charge is 0.343 e. The number of hydrogen-bond donors (Lipinski definition) is 2. The molecule has 1 aromatic rings. The van der Waals surface area contributed by atoms with Gasteiger partial charge in [0.2, 0.25) is 5.91 Å². The average Bonchev–Trinajstić information content (AvgIpc) is 3.26. The van der Waals surface area contributed by atoms with Crippen LogP contribution in [0.3, 0.4) is 0 Å². The van der Waals surface area contributed by atoms with Crippen LogP contribution in [0.25, 0.3) is 0 Å². The fourth-order valence-corrected chi connectivity index (χ4v) is 2.71. The van der Waals surface area contributed by atoms with Crippen molar-refractivity contribution in [3.63, 3.8) is 0 Å². The number of rotatable bonds is 5. The van der Waals surface area contributed by atoms with Gasteiger partial charge >= 0.3 is 0 Å². The van der Waals surface area contributed by atoms with Gasteiger partial charge in [-0.2, -0.15) is 0 Å². The Bertz CT molecular complexity index is 616. The predicted molar refractivity (Wildman–Crippen MR) is 75.2 cm³/mol. The Morgan fingerprint density at radius 1 is 1.55 bits per heavy atom. The Morgan fingerprint density at radius 2 is 2.20 bits per heavy atom. The molecular weight excluding hydrogens is 254 g/mol. The molecule has 2 aliphatic rings. The summed E-state index contributed by atoms with van der Waals surface area (Å²) in [6, 6.07) is 1.51. The molecule has 0 spiro atoms. The monoisotopic (exact) mass is 275 g/mol. The highest BCUT2D eigenvalue weighted by Gasteiger charge is 2.74. The average molecular weight is 275 g/mol. The molecule has 20 heavy (non-hydrogen) atoms. The van der Waals surface area contributed by atoms with Crippen LogP contribution in [-0.4, -0.2) is 15.9 Å². The van der Waals surface area contributed by atoms with Crippen molar-refractivity contribution in [2.45, 2.75) is 52.0 Å². The highest BCUT2D eigenvalue weighted by molar-refractivity contribution is 5.90. The Kier molecular flexibility index (Phi) is 2.78. The van der Waals surface area contributed by atoms with Gasteiger partial charge < -0.3 is 10.3 Å².